The van der Waals surface area contributed by atoms with Gasteiger partial charge in [-0.25, -0.2) is 8.42 Å². The first-order chi connectivity index (χ1) is 9.30. The minimum Gasteiger partial charge on any atom is -0.301 e. The topological polar surface area (TPSA) is 109 Å². The van der Waals surface area contributed by atoms with Crippen LogP contribution in [0.2, 0.25) is 0 Å². The summed E-state index contributed by atoms with van der Waals surface area (Å²) in [5, 5.41) is 9.74. The standard InChI is InChI=1S/C10H14N4O4S2/c1-6-5-14(4-3-8(6)16)20(17,18)10-13-12-9(19-10)11-7(2)15/h6H,3-5H2,1-2H3,(H,11,12,15). The summed E-state index contributed by atoms with van der Waals surface area (Å²) in [4.78, 5) is 22.3. The third kappa shape index (κ3) is 3.02. The molecule has 20 heavy (non-hydrogen) atoms. The number of Topliss-reactive ketones (excluding diaryl/α,β-unsaturated/α-hetero) is 1. The molecule has 0 saturated carbocycles. The van der Waals surface area contributed by atoms with E-state index in [9.17, 15) is 18.0 Å². The summed E-state index contributed by atoms with van der Waals surface area (Å²) < 4.78 is 25.8. The first-order valence-corrected chi connectivity index (χ1v) is 8.20. The molecule has 1 aromatic heterocycles. The lowest BCUT2D eigenvalue weighted by atomic mass is 10.0. The second-order valence-electron chi connectivity index (χ2n) is 4.53. The van der Waals surface area contributed by atoms with Crippen molar-refractivity contribution >= 4 is 38.2 Å². The van der Waals surface area contributed by atoms with Crippen LogP contribution in [0.4, 0.5) is 5.13 Å². The maximum Gasteiger partial charge on any atom is 0.272 e. The molecule has 10 heteroatoms. The number of anilines is 1. The number of aromatic nitrogens is 2. The number of carbonyl (C=O) groups is 2. The molecular formula is C10H14N4O4S2. The first-order valence-electron chi connectivity index (χ1n) is 5.94. The molecule has 0 bridgehead atoms. The number of sulfonamides is 1. The van der Waals surface area contributed by atoms with E-state index in [-0.39, 0.29) is 46.6 Å². The highest BCUT2D eigenvalue weighted by Crippen LogP contribution is 2.26. The Morgan fingerprint density at radius 1 is 1.45 bits per heavy atom. The third-order valence-electron chi connectivity index (χ3n) is 2.88. The quantitative estimate of drug-likeness (QED) is 0.791. The molecule has 1 atom stereocenters. The van der Waals surface area contributed by atoms with Gasteiger partial charge in [0.2, 0.25) is 15.4 Å². The van der Waals surface area contributed by atoms with Gasteiger partial charge in [0.1, 0.15) is 5.78 Å². The van der Waals surface area contributed by atoms with Gasteiger partial charge < -0.3 is 5.32 Å². The Labute approximate surface area is 120 Å². The lowest BCUT2D eigenvalue weighted by Gasteiger charge is -2.27. The third-order valence-corrected chi connectivity index (χ3v) is 5.93. The number of hydrogen-bond acceptors (Lipinski definition) is 7. The Hall–Kier alpha value is -1.39. The van der Waals surface area contributed by atoms with Crippen LogP contribution in [0.15, 0.2) is 4.34 Å². The van der Waals surface area contributed by atoms with Gasteiger partial charge in [-0.1, -0.05) is 18.3 Å². The molecule has 0 radical (unpaired) electrons. The van der Waals surface area contributed by atoms with E-state index in [2.05, 4.69) is 15.5 Å². The first kappa shape index (κ1) is 15.0. The van der Waals surface area contributed by atoms with Crippen LogP contribution < -0.4 is 5.32 Å². The van der Waals surface area contributed by atoms with E-state index in [1.54, 1.807) is 6.92 Å². The van der Waals surface area contributed by atoms with E-state index in [4.69, 9.17) is 0 Å². The van der Waals surface area contributed by atoms with Gasteiger partial charge in [0.15, 0.2) is 0 Å². The van der Waals surface area contributed by atoms with Gasteiger partial charge in [-0.15, -0.1) is 10.2 Å². The maximum atomic E-state index is 12.3. The van der Waals surface area contributed by atoms with Crippen molar-refractivity contribution in [2.45, 2.75) is 24.6 Å². The van der Waals surface area contributed by atoms with Crippen molar-refractivity contribution in [3.63, 3.8) is 0 Å². The van der Waals surface area contributed by atoms with E-state index < -0.39 is 10.0 Å². The summed E-state index contributed by atoms with van der Waals surface area (Å²) in [6, 6.07) is 0. The van der Waals surface area contributed by atoms with E-state index >= 15 is 0 Å². The van der Waals surface area contributed by atoms with Gasteiger partial charge >= 0.3 is 0 Å². The molecule has 1 N–H and O–H groups in total. The Bertz CT molecular complexity index is 639. The maximum absolute atomic E-state index is 12.3. The van der Waals surface area contributed by atoms with Crippen molar-refractivity contribution in [2.24, 2.45) is 5.92 Å². The van der Waals surface area contributed by atoms with Crippen molar-refractivity contribution in [3.05, 3.63) is 0 Å². The lowest BCUT2D eigenvalue weighted by molar-refractivity contribution is -0.124. The van der Waals surface area contributed by atoms with E-state index in [1.807, 2.05) is 0 Å². The predicted molar refractivity (Wildman–Crippen MR) is 71.8 cm³/mol. The molecular weight excluding hydrogens is 304 g/mol. The molecule has 1 fully saturated rings. The molecule has 2 heterocycles. The number of nitrogens with zero attached hydrogens (tertiary/aromatic N) is 3. The van der Waals surface area contributed by atoms with Gasteiger partial charge in [-0.05, 0) is 0 Å². The van der Waals surface area contributed by atoms with Crippen LogP contribution >= 0.6 is 11.3 Å². The molecule has 1 amide bonds. The average Bonchev–Trinajstić information content (AvgIpc) is 2.80. The van der Waals surface area contributed by atoms with Crippen LogP contribution in [0.3, 0.4) is 0 Å². The Morgan fingerprint density at radius 3 is 2.75 bits per heavy atom. The van der Waals surface area contributed by atoms with Crippen LogP contribution in [-0.2, 0) is 19.6 Å². The number of amides is 1. The van der Waals surface area contributed by atoms with Crippen molar-refractivity contribution in [1.82, 2.24) is 14.5 Å². The van der Waals surface area contributed by atoms with Gasteiger partial charge in [-0.3, -0.25) is 9.59 Å². The Kier molecular flexibility index (Phi) is 4.16. The highest BCUT2D eigenvalue weighted by Gasteiger charge is 2.34. The minimum atomic E-state index is -3.76. The fraction of sp³-hybridized carbons (Fsp3) is 0.600. The molecule has 1 aromatic rings. The van der Waals surface area contributed by atoms with Gasteiger partial charge in [0, 0.05) is 32.4 Å². The van der Waals surface area contributed by atoms with Crippen LogP contribution in [0.5, 0.6) is 0 Å². The molecule has 1 aliphatic heterocycles. The summed E-state index contributed by atoms with van der Waals surface area (Å²) in [6.07, 6.45) is 0.206. The molecule has 0 aliphatic carbocycles. The number of nitrogens with one attached hydrogen (secondary N) is 1. The van der Waals surface area contributed by atoms with Gasteiger partial charge in [-0.2, -0.15) is 4.31 Å². The number of ketones is 1. The summed E-state index contributed by atoms with van der Waals surface area (Å²) in [5.41, 5.74) is 0. The Morgan fingerprint density at radius 2 is 2.15 bits per heavy atom. The van der Waals surface area contributed by atoms with Gasteiger partial charge in [0.05, 0.1) is 0 Å². The highest BCUT2D eigenvalue weighted by atomic mass is 32.2. The summed E-state index contributed by atoms with van der Waals surface area (Å²) in [5.74, 6) is -0.601. The minimum absolute atomic E-state index is 0.0626. The van der Waals surface area contributed by atoms with Crippen molar-refractivity contribution in [3.8, 4) is 0 Å². The highest BCUT2D eigenvalue weighted by molar-refractivity contribution is 7.91. The van der Waals surface area contributed by atoms with Crippen LogP contribution in [0.1, 0.15) is 20.3 Å². The van der Waals surface area contributed by atoms with Gasteiger partial charge in [0.25, 0.3) is 10.0 Å². The van der Waals surface area contributed by atoms with Crippen molar-refractivity contribution < 1.29 is 18.0 Å². The SMILES string of the molecule is CC(=O)Nc1nnc(S(=O)(=O)N2CCC(=O)C(C)C2)s1. The number of hydrogen-bond donors (Lipinski definition) is 1. The lowest BCUT2D eigenvalue weighted by Crippen LogP contribution is -2.43. The molecule has 2 rings (SSSR count). The second-order valence-corrected chi connectivity index (χ2v) is 7.62. The average molecular weight is 318 g/mol. The van der Waals surface area contributed by atoms with Crippen LogP contribution in [0, 0.1) is 5.92 Å². The normalized spacial score (nSPS) is 20.9. The molecule has 8 nitrogen and oxygen atoms in total. The zero-order valence-electron chi connectivity index (χ0n) is 11.0. The fourth-order valence-corrected chi connectivity index (χ4v) is 4.44. The van der Waals surface area contributed by atoms with Crippen molar-refractivity contribution in [2.75, 3.05) is 18.4 Å². The number of rotatable bonds is 3. The number of carbonyl (C=O) groups excluding carboxylic acids is 2. The fourth-order valence-electron chi connectivity index (χ4n) is 1.82. The van der Waals surface area contributed by atoms with Crippen molar-refractivity contribution in [1.29, 1.82) is 0 Å². The summed E-state index contributed by atoms with van der Waals surface area (Å²) in [7, 11) is -3.76. The summed E-state index contributed by atoms with van der Waals surface area (Å²) >= 11 is 0.795. The molecule has 1 unspecified atom stereocenters. The summed E-state index contributed by atoms with van der Waals surface area (Å²) in [6.45, 7) is 3.30. The monoisotopic (exact) mass is 318 g/mol. The zero-order chi connectivity index (χ0) is 14.9. The Balaban J connectivity index is 2.20. The number of piperidine rings is 1. The molecule has 110 valence electrons. The van der Waals surface area contributed by atoms with E-state index in [0.717, 1.165) is 11.3 Å². The van der Waals surface area contributed by atoms with Crippen LogP contribution in [-0.4, -0.2) is 47.7 Å². The molecule has 1 aliphatic rings. The predicted octanol–water partition coefficient (Wildman–Crippen LogP) is 0.0961. The van der Waals surface area contributed by atoms with E-state index in [0.29, 0.717) is 0 Å². The molecule has 0 aromatic carbocycles. The second kappa shape index (κ2) is 5.54. The largest absolute Gasteiger partial charge is 0.301 e. The smallest absolute Gasteiger partial charge is 0.272 e. The van der Waals surface area contributed by atoms with Crippen LogP contribution in [0.25, 0.3) is 0 Å². The molecule has 0 spiro atoms. The molecule has 1 saturated heterocycles. The van der Waals surface area contributed by atoms with E-state index in [1.165, 1.54) is 11.2 Å². The zero-order valence-corrected chi connectivity index (χ0v) is 12.6.